The van der Waals surface area contributed by atoms with Crippen LogP contribution in [0.15, 0.2) is 206 Å². The average Bonchev–Trinajstić information content (AvgIpc) is 3.72. The van der Waals surface area contributed by atoms with Crippen LogP contribution >= 0.6 is 11.3 Å². The van der Waals surface area contributed by atoms with E-state index >= 15 is 0 Å². The fraction of sp³-hybridized carbons (Fsp3) is 0.0690. The van der Waals surface area contributed by atoms with Gasteiger partial charge in [-0.05, 0) is 94.9 Å². The molecule has 0 N–H and O–H groups in total. The highest BCUT2D eigenvalue weighted by molar-refractivity contribution is 7.26. The zero-order valence-corrected chi connectivity index (χ0v) is 37.3. The zero-order valence-electron chi connectivity index (χ0n) is 35.5. The van der Waals surface area contributed by atoms with Gasteiger partial charge in [-0.25, -0.2) is 0 Å². The normalized spacial score (nSPS) is 14.3. The lowest BCUT2D eigenvalue weighted by molar-refractivity contribution is 0.590. The van der Waals surface area contributed by atoms with Crippen molar-refractivity contribution in [3.05, 3.63) is 212 Å². The van der Waals surface area contributed by atoms with E-state index in [1.165, 1.54) is 108 Å². The van der Waals surface area contributed by atoms with Crippen LogP contribution in [-0.2, 0) is 5.41 Å². The first-order valence-corrected chi connectivity index (χ1v) is 25.0. The van der Waals surface area contributed by atoms with Crippen LogP contribution in [0.25, 0.3) is 43.1 Å². The second-order valence-electron chi connectivity index (χ2n) is 18.4. The van der Waals surface area contributed by atoms with Gasteiger partial charge in [0.05, 0.1) is 16.4 Å². The molecule has 0 spiro atoms. The van der Waals surface area contributed by atoms with Gasteiger partial charge >= 0.3 is 6.85 Å². The SMILES string of the molecule is CC(C)(C)c1ccc(N2c3sc4ccccc4c3B3c4c(cc5ccccc5c42)-c2cccc4c2N3c2ccccc2[Si]4(c2ccccc2)c2ccccc2)c(-c2ccccc2)c1. The van der Waals surface area contributed by atoms with Gasteiger partial charge < -0.3 is 9.71 Å². The first-order chi connectivity index (χ1) is 30.9. The van der Waals surface area contributed by atoms with E-state index in [1.807, 2.05) is 11.3 Å². The summed E-state index contributed by atoms with van der Waals surface area (Å²) >= 11 is 1.94. The zero-order chi connectivity index (χ0) is 42.0. The van der Waals surface area contributed by atoms with Gasteiger partial charge in [-0.1, -0.05) is 197 Å². The van der Waals surface area contributed by atoms with Gasteiger partial charge in [0.25, 0.3) is 0 Å². The van der Waals surface area contributed by atoms with Crippen molar-refractivity contribution >= 4 is 107 Å². The van der Waals surface area contributed by atoms with Gasteiger partial charge in [-0.2, -0.15) is 0 Å². The van der Waals surface area contributed by atoms with E-state index in [0.717, 1.165) is 0 Å². The Morgan fingerprint density at radius 3 is 1.86 bits per heavy atom. The molecule has 9 aromatic carbocycles. The van der Waals surface area contributed by atoms with Crippen LogP contribution in [0, 0.1) is 0 Å². The molecule has 0 saturated carbocycles. The lowest BCUT2D eigenvalue weighted by Gasteiger charge is -2.52. The topological polar surface area (TPSA) is 6.48 Å². The third kappa shape index (κ3) is 5.06. The highest BCUT2D eigenvalue weighted by Crippen LogP contribution is 2.54. The molecule has 3 aliphatic heterocycles. The number of benzene rings is 9. The van der Waals surface area contributed by atoms with Gasteiger partial charge in [0.2, 0.25) is 0 Å². The smallest absolute Gasteiger partial charge is 0.334 e. The molecule has 5 heteroatoms. The van der Waals surface area contributed by atoms with Crippen molar-refractivity contribution in [1.82, 2.24) is 0 Å². The maximum atomic E-state index is 2.79. The number of thiophene rings is 1. The van der Waals surface area contributed by atoms with Crippen LogP contribution in [0.1, 0.15) is 26.3 Å². The number of fused-ring (bicyclic) bond motifs is 10. The van der Waals surface area contributed by atoms with Crippen LogP contribution in [0.5, 0.6) is 0 Å². The molecule has 2 nitrogen and oxygen atoms in total. The lowest BCUT2D eigenvalue weighted by atomic mass is 9.43. The molecule has 0 fully saturated rings. The molecule has 0 radical (unpaired) electrons. The number of nitrogens with zero attached hydrogens (tertiary/aromatic N) is 2. The minimum Gasteiger partial charge on any atom is -0.376 e. The lowest BCUT2D eigenvalue weighted by Crippen LogP contribution is -2.79. The van der Waals surface area contributed by atoms with Crippen LogP contribution in [0.3, 0.4) is 0 Å². The summed E-state index contributed by atoms with van der Waals surface area (Å²) in [5.41, 5.74) is 14.3. The van der Waals surface area contributed by atoms with E-state index < -0.39 is 8.07 Å². The molecule has 63 heavy (non-hydrogen) atoms. The molecule has 0 bridgehead atoms. The predicted molar refractivity (Wildman–Crippen MR) is 274 cm³/mol. The quantitative estimate of drug-likeness (QED) is 0.163. The molecule has 0 aliphatic carbocycles. The van der Waals surface area contributed by atoms with Crippen molar-refractivity contribution < 1.29 is 0 Å². The highest BCUT2D eigenvalue weighted by Gasteiger charge is 2.55. The van der Waals surface area contributed by atoms with Crippen LogP contribution in [0.4, 0.5) is 27.8 Å². The predicted octanol–water partition coefficient (Wildman–Crippen LogP) is 11.4. The number of hydrogen-bond acceptors (Lipinski definition) is 3. The first-order valence-electron chi connectivity index (χ1n) is 22.1. The van der Waals surface area contributed by atoms with Gasteiger partial charge in [-0.3, -0.25) is 0 Å². The molecule has 1 aromatic heterocycles. The molecule has 298 valence electrons. The Labute approximate surface area is 374 Å². The van der Waals surface area contributed by atoms with Gasteiger partial charge in [0.15, 0.2) is 8.07 Å². The fourth-order valence-corrected chi connectivity index (χ4v) is 17.8. The van der Waals surface area contributed by atoms with Crippen molar-refractivity contribution in [3.8, 4) is 22.3 Å². The molecule has 0 atom stereocenters. The Kier molecular flexibility index (Phi) is 7.89. The number of anilines is 5. The van der Waals surface area contributed by atoms with E-state index in [9.17, 15) is 0 Å². The van der Waals surface area contributed by atoms with Crippen molar-refractivity contribution in [2.75, 3.05) is 9.71 Å². The van der Waals surface area contributed by atoms with Crippen molar-refractivity contribution in [3.63, 3.8) is 0 Å². The largest absolute Gasteiger partial charge is 0.376 e. The van der Waals surface area contributed by atoms with Crippen molar-refractivity contribution in [2.45, 2.75) is 26.2 Å². The van der Waals surface area contributed by atoms with E-state index in [1.54, 1.807) is 0 Å². The minimum atomic E-state index is -2.86. The minimum absolute atomic E-state index is 0.0163. The maximum absolute atomic E-state index is 2.86. The van der Waals surface area contributed by atoms with Crippen LogP contribution < -0.4 is 41.4 Å². The molecule has 0 unspecified atom stereocenters. The molecular weight excluding hydrogens is 796 g/mol. The van der Waals surface area contributed by atoms with E-state index in [-0.39, 0.29) is 12.3 Å². The summed E-state index contributed by atoms with van der Waals surface area (Å²) in [6.07, 6.45) is 0. The average molecular weight is 839 g/mol. The number of para-hydroxylation sites is 2. The molecule has 13 rings (SSSR count). The van der Waals surface area contributed by atoms with Gasteiger partial charge in [0, 0.05) is 32.6 Å². The van der Waals surface area contributed by atoms with Crippen LogP contribution in [-0.4, -0.2) is 14.9 Å². The second kappa shape index (κ2) is 13.5. The van der Waals surface area contributed by atoms with Gasteiger partial charge in [-0.15, -0.1) is 11.3 Å². The first kappa shape index (κ1) is 36.7. The van der Waals surface area contributed by atoms with Crippen LogP contribution in [0.2, 0.25) is 0 Å². The number of rotatable bonds is 4. The molecule has 0 saturated heterocycles. The monoisotopic (exact) mass is 838 g/mol. The highest BCUT2D eigenvalue weighted by atomic mass is 32.1. The Morgan fingerprint density at radius 2 is 1.11 bits per heavy atom. The summed E-state index contributed by atoms with van der Waals surface area (Å²) in [6.45, 7) is 6.89. The van der Waals surface area contributed by atoms with Crippen molar-refractivity contribution in [1.29, 1.82) is 0 Å². The van der Waals surface area contributed by atoms with E-state index in [0.29, 0.717) is 0 Å². The second-order valence-corrected chi connectivity index (χ2v) is 23.1. The van der Waals surface area contributed by atoms with E-state index in [4.69, 9.17) is 0 Å². The van der Waals surface area contributed by atoms with E-state index in [2.05, 4.69) is 237 Å². The fourth-order valence-electron chi connectivity index (χ4n) is 11.4. The standard InChI is InChI=1S/C58H43BN2SSi/c1-58(2,3)40-34-35-48(46(37-40)38-20-7-4-8-21-38)60-56-43-27-14-13-22-39(43)36-47-44-29-19-33-52-55(44)61(59(53(47)56)54-45-28-15-17-31-50(45)62-57(54)60)49-30-16-18-32-51(49)63(52,41-23-9-5-10-24-41)42-25-11-6-12-26-42/h4-37H,1-3H3. The summed E-state index contributed by atoms with van der Waals surface area (Å²) in [7, 11) is -2.86. The van der Waals surface area contributed by atoms with Crippen molar-refractivity contribution in [2.24, 2.45) is 0 Å². The summed E-state index contributed by atoms with van der Waals surface area (Å²) < 4.78 is 1.31. The molecule has 4 heterocycles. The Hall–Kier alpha value is -6.92. The summed E-state index contributed by atoms with van der Waals surface area (Å²) in [5.74, 6) is 0. The third-order valence-electron chi connectivity index (χ3n) is 14.0. The Balaban J connectivity index is 1.21. The number of hydrogen-bond donors (Lipinski definition) is 0. The molecule has 0 amide bonds. The Bertz CT molecular complexity index is 3430. The van der Waals surface area contributed by atoms with Gasteiger partial charge in [0.1, 0.15) is 0 Å². The summed E-state index contributed by atoms with van der Waals surface area (Å²) in [5, 5.41) is 10.8. The summed E-state index contributed by atoms with van der Waals surface area (Å²) in [6, 6.07) is 78.6. The maximum Gasteiger partial charge on any atom is 0.334 e. The molecule has 3 aliphatic rings. The molecule has 10 aromatic rings. The molecular formula is C58H43BN2SSi. The Morgan fingerprint density at radius 1 is 0.476 bits per heavy atom. The third-order valence-corrected chi connectivity index (χ3v) is 20.1. The summed E-state index contributed by atoms with van der Waals surface area (Å²) in [4.78, 5) is 5.46.